The fourth-order valence-electron chi connectivity index (χ4n) is 1.95. The van der Waals surface area contributed by atoms with Crippen LogP contribution in [0.2, 0.25) is 0 Å². The highest BCUT2D eigenvalue weighted by atomic mass is 32.2. The lowest BCUT2D eigenvalue weighted by Gasteiger charge is -2.20. The molecule has 0 atom stereocenters. The second-order valence-corrected chi connectivity index (χ2v) is 5.44. The Bertz CT molecular complexity index is 572. The molecule has 0 spiro atoms. The first-order valence-electron chi connectivity index (χ1n) is 6.15. The molecule has 98 valence electrons. The van der Waals surface area contributed by atoms with E-state index in [1.807, 2.05) is 42.3 Å². The minimum Gasteiger partial charge on any atom is -0.467 e. The van der Waals surface area contributed by atoms with Gasteiger partial charge in [0.2, 0.25) is 0 Å². The first kappa shape index (κ1) is 13.6. The van der Waals surface area contributed by atoms with Crippen molar-refractivity contribution in [3.05, 3.63) is 47.9 Å². The molecule has 2 rings (SSSR count). The van der Waals surface area contributed by atoms with Crippen molar-refractivity contribution in [3.8, 4) is 6.07 Å². The summed E-state index contributed by atoms with van der Waals surface area (Å²) in [5.74, 6) is 1.85. The second kappa shape index (κ2) is 6.35. The monoisotopic (exact) mass is 272 g/mol. The largest absolute Gasteiger partial charge is 0.467 e. The molecule has 0 aliphatic heterocycles. The second-order valence-electron chi connectivity index (χ2n) is 4.13. The summed E-state index contributed by atoms with van der Waals surface area (Å²) in [5.41, 5.74) is 1.68. The van der Waals surface area contributed by atoms with Crippen molar-refractivity contribution in [3.63, 3.8) is 0 Å². The zero-order valence-corrected chi connectivity index (χ0v) is 11.9. The number of nitriles is 1. The maximum atomic E-state index is 9.39. The summed E-state index contributed by atoms with van der Waals surface area (Å²) in [6.07, 6.45) is 1.66. The molecule has 0 N–H and O–H groups in total. The molecule has 0 radical (unpaired) electrons. The number of anilines is 1. The van der Waals surface area contributed by atoms with Crippen molar-refractivity contribution in [1.29, 1.82) is 5.26 Å². The number of nitrogens with zero attached hydrogens (tertiary/aromatic N) is 2. The van der Waals surface area contributed by atoms with Gasteiger partial charge in [-0.1, -0.05) is 13.0 Å². The first-order chi connectivity index (χ1) is 9.26. The van der Waals surface area contributed by atoms with Crippen LogP contribution in [0.25, 0.3) is 0 Å². The molecular weight excluding hydrogens is 256 g/mol. The average molecular weight is 272 g/mol. The highest BCUT2D eigenvalue weighted by molar-refractivity contribution is 7.99. The molecule has 3 nitrogen and oxygen atoms in total. The topological polar surface area (TPSA) is 40.2 Å². The summed E-state index contributed by atoms with van der Waals surface area (Å²) in [5, 5.41) is 9.39. The van der Waals surface area contributed by atoms with Crippen LogP contribution >= 0.6 is 11.8 Å². The van der Waals surface area contributed by atoms with E-state index in [1.165, 1.54) is 0 Å². The van der Waals surface area contributed by atoms with Crippen molar-refractivity contribution in [1.82, 2.24) is 0 Å². The van der Waals surface area contributed by atoms with Gasteiger partial charge in [0, 0.05) is 11.9 Å². The van der Waals surface area contributed by atoms with Gasteiger partial charge in [-0.2, -0.15) is 5.26 Å². The lowest BCUT2D eigenvalue weighted by Crippen LogP contribution is -2.17. The molecule has 1 aromatic carbocycles. The number of rotatable bonds is 5. The molecule has 2 aromatic rings. The number of thioether (sulfide) groups is 1. The Morgan fingerprint density at radius 1 is 1.32 bits per heavy atom. The average Bonchev–Trinajstić information content (AvgIpc) is 2.91. The van der Waals surface area contributed by atoms with Crippen LogP contribution < -0.4 is 4.90 Å². The third-order valence-corrected chi connectivity index (χ3v) is 3.74. The number of hydrogen-bond donors (Lipinski definition) is 0. The van der Waals surface area contributed by atoms with Gasteiger partial charge in [-0.25, -0.2) is 0 Å². The first-order valence-corrected chi connectivity index (χ1v) is 7.14. The van der Waals surface area contributed by atoms with Gasteiger partial charge in [-0.3, -0.25) is 0 Å². The minimum atomic E-state index is 0.655. The van der Waals surface area contributed by atoms with Crippen LogP contribution in [0.4, 0.5) is 5.69 Å². The van der Waals surface area contributed by atoms with Gasteiger partial charge in [0.1, 0.15) is 11.8 Å². The highest BCUT2D eigenvalue weighted by Crippen LogP contribution is 2.30. The van der Waals surface area contributed by atoms with Crippen molar-refractivity contribution in [2.45, 2.75) is 18.4 Å². The van der Waals surface area contributed by atoms with Crippen molar-refractivity contribution in [2.24, 2.45) is 0 Å². The zero-order chi connectivity index (χ0) is 13.7. The summed E-state index contributed by atoms with van der Waals surface area (Å²) < 4.78 is 5.35. The minimum absolute atomic E-state index is 0.655. The molecule has 1 heterocycles. The maximum absolute atomic E-state index is 9.39. The molecule has 1 aromatic heterocycles. The molecule has 0 aliphatic rings. The summed E-state index contributed by atoms with van der Waals surface area (Å²) in [7, 11) is 1.97. The smallest absolute Gasteiger partial charge is 0.123 e. The van der Waals surface area contributed by atoms with Crippen LogP contribution in [-0.2, 0) is 6.54 Å². The van der Waals surface area contributed by atoms with Crippen LogP contribution in [0, 0.1) is 11.3 Å². The number of benzene rings is 1. The lowest BCUT2D eigenvalue weighted by atomic mass is 10.1. The predicted octanol–water partition coefficient (Wildman–Crippen LogP) is 3.90. The molecule has 0 aliphatic carbocycles. The van der Waals surface area contributed by atoms with E-state index >= 15 is 0 Å². The Balaban J connectivity index is 2.28. The Labute approximate surface area is 117 Å². The van der Waals surface area contributed by atoms with E-state index in [0.29, 0.717) is 6.54 Å². The molecule has 4 heteroatoms. The Morgan fingerprint density at radius 2 is 2.16 bits per heavy atom. The van der Waals surface area contributed by atoms with Crippen LogP contribution in [0.1, 0.15) is 18.2 Å². The van der Waals surface area contributed by atoms with E-state index in [9.17, 15) is 5.26 Å². The predicted molar refractivity (Wildman–Crippen MR) is 78.4 cm³/mol. The molecular formula is C15H16N2OS. The zero-order valence-electron chi connectivity index (χ0n) is 11.1. The summed E-state index contributed by atoms with van der Waals surface area (Å²) in [4.78, 5) is 3.07. The van der Waals surface area contributed by atoms with E-state index < -0.39 is 0 Å². The molecule has 19 heavy (non-hydrogen) atoms. The van der Waals surface area contributed by atoms with Crippen molar-refractivity contribution >= 4 is 17.4 Å². The summed E-state index contributed by atoms with van der Waals surface area (Å²) in [6, 6.07) is 12.1. The third-order valence-electron chi connectivity index (χ3n) is 2.80. The van der Waals surface area contributed by atoms with E-state index in [-0.39, 0.29) is 0 Å². The molecule has 0 unspecified atom stereocenters. The molecule has 0 amide bonds. The third kappa shape index (κ3) is 3.12. The molecule has 0 bridgehead atoms. The Kier molecular flexibility index (Phi) is 4.53. The SMILES string of the molecule is CCSc1cccc(N(C)Cc2ccco2)c1C#N. The quantitative estimate of drug-likeness (QED) is 0.774. The normalized spacial score (nSPS) is 10.2. The van der Waals surface area contributed by atoms with E-state index in [4.69, 9.17) is 4.42 Å². The van der Waals surface area contributed by atoms with Crippen molar-refractivity contribution < 1.29 is 4.42 Å². The fourth-order valence-corrected chi connectivity index (χ4v) is 2.73. The molecule has 0 saturated carbocycles. The van der Waals surface area contributed by atoms with Gasteiger partial charge in [0.15, 0.2) is 0 Å². The van der Waals surface area contributed by atoms with Gasteiger partial charge in [-0.05, 0) is 30.0 Å². The van der Waals surface area contributed by atoms with E-state index in [1.54, 1.807) is 18.0 Å². The van der Waals surface area contributed by atoms with Crippen LogP contribution in [0.5, 0.6) is 0 Å². The van der Waals surface area contributed by atoms with Gasteiger partial charge in [0.25, 0.3) is 0 Å². The Morgan fingerprint density at radius 3 is 2.79 bits per heavy atom. The summed E-state index contributed by atoms with van der Waals surface area (Å²) >= 11 is 1.69. The van der Waals surface area contributed by atoms with Gasteiger partial charge in [0.05, 0.1) is 24.1 Å². The van der Waals surface area contributed by atoms with E-state index in [2.05, 4.69) is 13.0 Å². The van der Waals surface area contributed by atoms with Gasteiger partial charge >= 0.3 is 0 Å². The van der Waals surface area contributed by atoms with Crippen LogP contribution in [-0.4, -0.2) is 12.8 Å². The Hall–Kier alpha value is -1.86. The van der Waals surface area contributed by atoms with E-state index in [0.717, 1.165) is 27.7 Å². The maximum Gasteiger partial charge on any atom is 0.123 e. The number of furan rings is 1. The van der Waals surface area contributed by atoms with Gasteiger partial charge < -0.3 is 9.32 Å². The highest BCUT2D eigenvalue weighted by Gasteiger charge is 2.12. The molecule has 0 fully saturated rings. The van der Waals surface area contributed by atoms with Crippen molar-refractivity contribution in [2.75, 3.05) is 17.7 Å². The van der Waals surface area contributed by atoms with Crippen LogP contribution in [0.15, 0.2) is 45.9 Å². The fraction of sp³-hybridized carbons (Fsp3) is 0.267. The summed E-state index contributed by atoms with van der Waals surface area (Å²) in [6.45, 7) is 2.74. The standard InChI is InChI=1S/C15H16N2OS/c1-3-19-15-8-4-7-14(13(15)10-16)17(2)11-12-6-5-9-18-12/h4-9H,3,11H2,1-2H3. The molecule has 0 saturated heterocycles. The van der Waals surface area contributed by atoms with Gasteiger partial charge in [-0.15, -0.1) is 11.8 Å². The van der Waals surface area contributed by atoms with Crippen LogP contribution in [0.3, 0.4) is 0 Å². The lowest BCUT2D eigenvalue weighted by molar-refractivity contribution is 0.507. The number of hydrogen-bond acceptors (Lipinski definition) is 4.